The molecule has 2 aromatic rings. The van der Waals surface area contributed by atoms with Crippen LogP contribution in [-0.2, 0) is 7.05 Å². The number of carbonyl (C=O) groups is 1. The third-order valence-corrected chi connectivity index (χ3v) is 4.47. The first-order chi connectivity index (χ1) is 9.56. The maximum atomic E-state index is 12.5. The predicted molar refractivity (Wildman–Crippen MR) is 82.2 cm³/mol. The number of alkyl halides is 1. The molecule has 0 unspecified atom stereocenters. The van der Waals surface area contributed by atoms with Crippen molar-refractivity contribution in [1.29, 1.82) is 0 Å². The van der Waals surface area contributed by atoms with Crippen molar-refractivity contribution in [3.63, 3.8) is 0 Å². The van der Waals surface area contributed by atoms with Crippen LogP contribution >= 0.6 is 11.6 Å². The lowest BCUT2D eigenvalue weighted by Crippen LogP contribution is -2.49. The van der Waals surface area contributed by atoms with Crippen LogP contribution in [0.2, 0.25) is 0 Å². The number of nitrogens with zero attached hydrogens (tertiary/aromatic N) is 2. The Morgan fingerprint density at radius 1 is 1.35 bits per heavy atom. The van der Waals surface area contributed by atoms with Gasteiger partial charge in [-0.15, -0.1) is 11.6 Å². The topological polar surface area (TPSA) is 46.9 Å². The lowest BCUT2D eigenvalue weighted by Gasteiger charge is -2.30. The molecule has 0 aliphatic heterocycles. The van der Waals surface area contributed by atoms with Gasteiger partial charge >= 0.3 is 0 Å². The number of carbonyl (C=O) groups excluding carboxylic acids is 1. The molecule has 0 saturated heterocycles. The fraction of sp³-hybridized carbons (Fsp3) is 0.467. The first-order valence-corrected chi connectivity index (χ1v) is 7.40. The molecule has 4 nitrogen and oxygen atoms in total. The van der Waals surface area contributed by atoms with Crippen molar-refractivity contribution in [3.05, 3.63) is 30.0 Å². The third-order valence-electron chi connectivity index (χ3n) is 3.96. The summed E-state index contributed by atoms with van der Waals surface area (Å²) in [5.74, 6) is 0.238. The standard InChI is InChI=1S/C15H20ClN3O/c1-4-15(5-2,10-16)17-14(20)13-11-8-6-7-9-12(11)19(3)18-13/h6-9H,4-5,10H2,1-3H3,(H,17,20). The highest BCUT2D eigenvalue weighted by atomic mass is 35.5. The average molecular weight is 294 g/mol. The van der Waals surface area contributed by atoms with Crippen molar-refractivity contribution in [2.24, 2.45) is 7.05 Å². The van der Waals surface area contributed by atoms with Crippen LogP contribution in [0.5, 0.6) is 0 Å². The number of benzene rings is 1. The molecule has 0 atom stereocenters. The average Bonchev–Trinajstić information content (AvgIpc) is 2.83. The van der Waals surface area contributed by atoms with Crippen LogP contribution in [0.1, 0.15) is 37.2 Å². The van der Waals surface area contributed by atoms with Crippen LogP contribution in [0.3, 0.4) is 0 Å². The summed E-state index contributed by atoms with van der Waals surface area (Å²) in [4.78, 5) is 12.5. The molecule has 0 spiro atoms. The molecule has 0 aliphatic rings. The summed E-state index contributed by atoms with van der Waals surface area (Å²) >= 11 is 6.04. The smallest absolute Gasteiger partial charge is 0.272 e. The van der Waals surface area contributed by atoms with Gasteiger partial charge in [-0.3, -0.25) is 9.48 Å². The van der Waals surface area contributed by atoms with Crippen LogP contribution in [0.4, 0.5) is 0 Å². The van der Waals surface area contributed by atoms with E-state index in [0.29, 0.717) is 11.6 Å². The van der Waals surface area contributed by atoms with E-state index in [4.69, 9.17) is 11.6 Å². The second-order valence-corrected chi connectivity index (χ2v) is 5.33. The number of para-hydroxylation sites is 1. The third kappa shape index (κ3) is 2.52. The van der Waals surface area contributed by atoms with Gasteiger partial charge in [-0.05, 0) is 18.9 Å². The molecule has 1 aromatic heterocycles. The molecule has 0 saturated carbocycles. The van der Waals surface area contributed by atoms with Gasteiger partial charge in [0, 0.05) is 18.3 Å². The zero-order chi connectivity index (χ0) is 14.8. The summed E-state index contributed by atoms with van der Waals surface area (Å²) in [6, 6.07) is 7.72. The SMILES string of the molecule is CCC(CC)(CCl)NC(=O)c1nn(C)c2ccccc12. The number of aryl methyl sites for hydroxylation is 1. The van der Waals surface area contributed by atoms with E-state index in [2.05, 4.69) is 10.4 Å². The molecule has 0 bridgehead atoms. The van der Waals surface area contributed by atoms with E-state index in [1.54, 1.807) is 4.68 Å². The second kappa shape index (κ2) is 5.83. The van der Waals surface area contributed by atoms with E-state index in [0.717, 1.165) is 23.7 Å². The lowest BCUT2D eigenvalue weighted by atomic mass is 9.95. The van der Waals surface area contributed by atoms with Gasteiger partial charge in [-0.2, -0.15) is 5.10 Å². The van der Waals surface area contributed by atoms with Gasteiger partial charge in [0.25, 0.3) is 5.91 Å². The van der Waals surface area contributed by atoms with Crippen molar-refractivity contribution >= 4 is 28.4 Å². The molecule has 0 aliphatic carbocycles. The Kier molecular flexibility index (Phi) is 4.33. The summed E-state index contributed by atoms with van der Waals surface area (Å²) in [5, 5.41) is 8.26. The molecule has 2 rings (SSSR count). The maximum Gasteiger partial charge on any atom is 0.272 e. The Hall–Kier alpha value is -1.55. The molecule has 1 amide bonds. The molecule has 108 valence electrons. The van der Waals surface area contributed by atoms with E-state index < -0.39 is 0 Å². The highest BCUT2D eigenvalue weighted by Gasteiger charge is 2.29. The van der Waals surface area contributed by atoms with Crippen LogP contribution in [0.15, 0.2) is 24.3 Å². The molecular weight excluding hydrogens is 274 g/mol. The van der Waals surface area contributed by atoms with Crippen molar-refractivity contribution < 1.29 is 4.79 Å². The minimum Gasteiger partial charge on any atom is -0.344 e. The zero-order valence-electron chi connectivity index (χ0n) is 12.1. The molecule has 1 aromatic carbocycles. The first-order valence-electron chi connectivity index (χ1n) is 6.87. The summed E-state index contributed by atoms with van der Waals surface area (Å²) in [5.41, 5.74) is 1.04. The van der Waals surface area contributed by atoms with Crippen molar-refractivity contribution in [2.75, 3.05) is 5.88 Å². The van der Waals surface area contributed by atoms with Crippen LogP contribution in [0, 0.1) is 0 Å². The molecule has 0 radical (unpaired) electrons. The number of nitrogens with one attached hydrogen (secondary N) is 1. The molecule has 1 heterocycles. The fourth-order valence-electron chi connectivity index (χ4n) is 2.33. The Morgan fingerprint density at radius 2 is 2.00 bits per heavy atom. The number of hydrogen-bond acceptors (Lipinski definition) is 2. The van der Waals surface area contributed by atoms with Gasteiger partial charge in [-0.1, -0.05) is 32.0 Å². The summed E-state index contributed by atoms with van der Waals surface area (Å²) in [6.45, 7) is 4.06. The molecule has 5 heteroatoms. The number of aromatic nitrogens is 2. The number of halogens is 1. The van der Waals surface area contributed by atoms with Crippen LogP contribution in [0.25, 0.3) is 10.9 Å². The molecular formula is C15H20ClN3O. The minimum absolute atomic E-state index is 0.161. The highest BCUT2D eigenvalue weighted by molar-refractivity contribution is 6.19. The van der Waals surface area contributed by atoms with Gasteiger partial charge in [0.05, 0.1) is 11.1 Å². The predicted octanol–water partition coefficient (Wildman–Crippen LogP) is 3.10. The fourth-order valence-corrected chi connectivity index (χ4v) is 2.78. The summed E-state index contributed by atoms with van der Waals surface area (Å²) in [7, 11) is 1.84. The van der Waals surface area contributed by atoms with Crippen molar-refractivity contribution in [3.8, 4) is 0 Å². The number of rotatable bonds is 5. The number of amides is 1. The van der Waals surface area contributed by atoms with Gasteiger partial charge < -0.3 is 5.32 Å². The normalized spacial score (nSPS) is 11.8. The van der Waals surface area contributed by atoms with Gasteiger partial charge in [-0.25, -0.2) is 0 Å². The number of fused-ring (bicyclic) bond motifs is 1. The quantitative estimate of drug-likeness (QED) is 0.861. The van der Waals surface area contributed by atoms with E-state index in [1.807, 2.05) is 45.2 Å². The maximum absolute atomic E-state index is 12.5. The first kappa shape index (κ1) is 14.9. The number of hydrogen-bond donors (Lipinski definition) is 1. The van der Waals surface area contributed by atoms with Crippen LogP contribution in [-0.4, -0.2) is 27.1 Å². The van der Waals surface area contributed by atoms with Crippen molar-refractivity contribution in [1.82, 2.24) is 15.1 Å². The van der Waals surface area contributed by atoms with E-state index in [9.17, 15) is 4.79 Å². The van der Waals surface area contributed by atoms with Gasteiger partial charge in [0.15, 0.2) is 5.69 Å². The molecule has 1 N–H and O–H groups in total. The second-order valence-electron chi connectivity index (χ2n) is 5.06. The zero-order valence-corrected chi connectivity index (χ0v) is 12.9. The van der Waals surface area contributed by atoms with Gasteiger partial charge in [0.1, 0.15) is 0 Å². The Morgan fingerprint density at radius 3 is 2.60 bits per heavy atom. The monoisotopic (exact) mass is 293 g/mol. The summed E-state index contributed by atoms with van der Waals surface area (Å²) in [6.07, 6.45) is 1.59. The highest BCUT2D eigenvalue weighted by Crippen LogP contribution is 2.21. The van der Waals surface area contributed by atoms with Gasteiger partial charge in [0.2, 0.25) is 0 Å². The minimum atomic E-state index is -0.364. The van der Waals surface area contributed by atoms with E-state index >= 15 is 0 Å². The largest absolute Gasteiger partial charge is 0.344 e. The lowest BCUT2D eigenvalue weighted by molar-refractivity contribution is 0.0898. The van der Waals surface area contributed by atoms with Crippen molar-refractivity contribution in [2.45, 2.75) is 32.2 Å². The van der Waals surface area contributed by atoms with Crippen LogP contribution < -0.4 is 5.32 Å². The Bertz CT molecular complexity index is 608. The molecule has 0 fully saturated rings. The molecule has 20 heavy (non-hydrogen) atoms. The summed E-state index contributed by atoms with van der Waals surface area (Å²) < 4.78 is 1.73. The Labute approximate surface area is 124 Å². The Balaban J connectivity index is 2.37. The van der Waals surface area contributed by atoms with E-state index in [-0.39, 0.29) is 11.4 Å². The van der Waals surface area contributed by atoms with E-state index in [1.165, 1.54) is 0 Å².